The maximum Gasteiger partial charge on any atom is 0.263 e. The first kappa shape index (κ1) is 16.5. The van der Waals surface area contributed by atoms with Gasteiger partial charge in [0.05, 0.1) is 25.2 Å². The van der Waals surface area contributed by atoms with Gasteiger partial charge in [-0.25, -0.2) is 0 Å². The zero-order chi connectivity index (χ0) is 17.1. The Labute approximate surface area is 140 Å². The molecule has 0 radical (unpaired) electrons. The van der Waals surface area contributed by atoms with Gasteiger partial charge in [0.25, 0.3) is 11.5 Å². The molecule has 1 fully saturated rings. The van der Waals surface area contributed by atoms with Gasteiger partial charge in [0.1, 0.15) is 5.56 Å². The van der Waals surface area contributed by atoms with Crippen molar-refractivity contribution in [2.75, 3.05) is 13.7 Å². The minimum Gasteiger partial charge on any atom is -0.472 e. The van der Waals surface area contributed by atoms with E-state index in [1.165, 1.54) is 4.90 Å². The van der Waals surface area contributed by atoms with E-state index < -0.39 is 0 Å². The third-order valence-electron chi connectivity index (χ3n) is 4.36. The Bertz CT molecular complexity index is 758. The first-order valence-corrected chi connectivity index (χ1v) is 8.14. The van der Waals surface area contributed by atoms with Crippen molar-refractivity contribution in [1.82, 2.24) is 9.47 Å². The van der Waals surface area contributed by atoms with Crippen molar-refractivity contribution < 1.29 is 13.9 Å². The molecule has 128 valence electrons. The average molecular weight is 330 g/mol. The lowest BCUT2D eigenvalue weighted by molar-refractivity contribution is 0.0778. The number of pyridine rings is 1. The summed E-state index contributed by atoms with van der Waals surface area (Å²) >= 11 is 0. The molecule has 1 amide bonds. The predicted molar refractivity (Wildman–Crippen MR) is 88.9 cm³/mol. The number of amides is 1. The molecule has 0 N–H and O–H groups in total. The highest BCUT2D eigenvalue weighted by molar-refractivity contribution is 5.95. The number of nitrogens with zero attached hydrogens (tertiary/aromatic N) is 2. The van der Waals surface area contributed by atoms with Crippen LogP contribution >= 0.6 is 0 Å². The largest absolute Gasteiger partial charge is 0.472 e. The first-order chi connectivity index (χ1) is 11.6. The fourth-order valence-electron chi connectivity index (χ4n) is 3.00. The van der Waals surface area contributed by atoms with Crippen LogP contribution in [0.25, 0.3) is 0 Å². The van der Waals surface area contributed by atoms with Crippen LogP contribution in [0.3, 0.4) is 0 Å². The Morgan fingerprint density at radius 2 is 2.25 bits per heavy atom. The molecule has 2 aromatic heterocycles. The summed E-state index contributed by atoms with van der Waals surface area (Å²) in [5.41, 5.74) is 1.54. The molecular formula is C18H22N2O4. The van der Waals surface area contributed by atoms with Gasteiger partial charge in [-0.05, 0) is 37.5 Å². The number of hydrogen-bond donors (Lipinski definition) is 0. The predicted octanol–water partition coefficient (Wildman–Crippen LogP) is 2.20. The van der Waals surface area contributed by atoms with Gasteiger partial charge in [-0.1, -0.05) is 0 Å². The van der Waals surface area contributed by atoms with Gasteiger partial charge in [-0.3, -0.25) is 9.59 Å². The van der Waals surface area contributed by atoms with Crippen molar-refractivity contribution in [2.24, 2.45) is 0 Å². The maximum absolute atomic E-state index is 12.8. The zero-order valence-electron chi connectivity index (χ0n) is 14.0. The van der Waals surface area contributed by atoms with Gasteiger partial charge >= 0.3 is 0 Å². The van der Waals surface area contributed by atoms with Crippen molar-refractivity contribution in [3.05, 3.63) is 57.9 Å². The molecule has 0 bridgehead atoms. The van der Waals surface area contributed by atoms with Gasteiger partial charge in [-0.15, -0.1) is 0 Å². The molecule has 1 atom stereocenters. The molecule has 1 aliphatic rings. The second kappa shape index (κ2) is 7.05. The fraction of sp³-hybridized carbons (Fsp3) is 0.444. The number of hydrogen-bond acceptors (Lipinski definition) is 4. The van der Waals surface area contributed by atoms with E-state index in [1.807, 2.05) is 6.07 Å². The summed E-state index contributed by atoms with van der Waals surface area (Å²) < 4.78 is 12.2. The van der Waals surface area contributed by atoms with E-state index in [9.17, 15) is 9.59 Å². The summed E-state index contributed by atoms with van der Waals surface area (Å²) in [4.78, 5) is 27.1. The Morgan fingerprint density at radius 3 is 2.92 bits per heavy atom. The number of rotatable bonds is 5. The summed E-state index contributed by atoms with van der Waals surface area (Å²) in [7, 11) is 1.69. The fourth-order valence-corrected chi connectivity index (χ4v) is 3.00. The van der Waals surface area contributed by atoms with Gasteiger partial charge in [0, 0.05) is 32.0 Å². The number of carbonyl (C=O) groups excluding carboxylic acids is 1. The second-order valence-electron chi connectivity index (χ2n) is 6.26. The maximum atomic E-state index is 12.8. The summed E-state index contributed by atoms with van der Waals surface area (Å²) in [6.45, 7) is 3.42. The van der Waals surface area contributed by atoms with Crippen LogP contribution in [0.2, 0.25) is 0 Å². The lowest BCUT2D eigenvalue weighted by Crippen LogP contribution is -2.36. The third kappa shape index (κ3) is 3.43. The van der Waals surface area contributed by atoms with Crippen molar-refractivity contribution in [2.45, 2.75) is 39.0 Å². The number of aryl methyl sites for hydroxylation is 1. The van der Waals surface area contributed by atoms with Crippen LogP contribution in [0.5, 0.6) is 0 Å². The van der Waals surface area contributed by atoms with Crippen LogP contribution in [-0.2, 0) is 17.8 Å². The standard InChI is InChI=1S/C18H22N2O4/c1-13-5-7-20(11-15-4-3-8-24-15)18(22)16(13)17(21)19(2)10-14-6-9-23-12-14/h5-7,9,12,15H,3-4,8,10-11H2,1-2H3. The molecule has 24 heavy (non-hydrogen) atoms. The number of aromatic nitrogens is 1. The summed E-state index contributed by atoms with van der Waals surface area (Å²) in [5.74, 6) is -0.277. The van der Waals surface area contributed by atoms with E-state index in [-0.39, 0.29) is 23.1 Å². The minimum absolute atomic E-state index is 0.0528. The molecule has 0 aliphatic carbocycles. The van der Waals surface area contributed by atoms with Crippen LogP contribution < -0.4 is 5.56 Å². The third-order valence-corrected chi connectivity index (χ3v) is 4.36. The van der Waals surface area contributed by atoms with E-state index in [0.29, 0.717) is 18.7 Å². The van der Waals surface area contributed by atoms with E-state index in [2.05, 4.69) is 0 Å². The quantitative estimate of drug-likeness (QED) is 0.843. The van der Waals surface area contributed by atoms with Crippen LogP contribution in [-0.4, -0.2) is 35.1 Å². The van der Waals surface area contributed by atoms with Gasteiger partial charge in [0.15, 0.2) is 0 Å². The molecule has 0 spiro atoms. The van der Waals surface area contributed by atoms with Gasteiger partial charge in [-0.2, -0.15) is 0 Å². The second-order valence-corrected chi connectivity index (χ2v) is 6.26. The van der Waals surface area contributed by atoms with E-state index in [1.54, 1.807) is 43.3 Å². The molecule has 6 heteroatoms. The van der Waals surface area contributed by atoms with Crippen molar-refractivity contribution in [3.8, 4) is 0 Å². The lowest BCUT2D eigenvalue weighted by atomic mass is 10.1. The van der Waals surface area contributed by atoms with Crippen LogP contribution in [0.15, 0.2) is 40.1 Å². The van der Waals surface area contributed by atoms with Gasteiger partial charge in [0.2, 0.25) is 0 Å². The molecule has 3 rings (SSSR count). The Hall–Kier alpha value is -2.34. The van der Waals surface area contributed by atoms with E-state index in [0.717, 1.165) is 25.0 Å². The van der Waals surface area contributed by atoms with Crippen LogP contribution in [0, 0.1) is 6.92 Å². The Kier molecular flexibility index (Phi) is 4.85. The molecule has 2 aromatic rings. The lowest BCUT2D eigenvalue weighted by Gasteiger charge is -2.19. The minimum atomic E-state index is -0.277. The highest BCUT2D eigenvalue weighted by atomic mass is 16.5. The smallest absolute Gasteiger partial charge is 0.263 e. The summed E-state index contributed by atoms with van der Waals surface area (Å²) in [5, 5.41) is 0. The highest BCUT2D eigenvalue weighted by Crippen LogP contribution is 2.14. The highest BCUT2D eigenvalue weighted by Gasteiger charge is 2.22. The molecule has 6 nitrogen and oxygen atoms in total. The molecule has 1 aliphatic heterocycles. The van der Waals surface area contributed by atoms with Crippen LogP contribution in [0.4, 0.5) is 0 Å². The van der Waals surface area contributed by atoms with Crippen molar-refractivity contribution in [3.63, 3.8) is 0 Å². The molecule has 0 saturated carbocycles. The normalized spacial score (nSPS) is 17.2. The number of carbonyl (C=O) groups is 1. The monoisotopic (exact) mass is 330 g/mol. The summed E-state index contributed by atoms with van der Waals surface area (Å²) in [6, 6.07) is 3.62. The topological polar surface area (TPSA) is 64.7 Å². The molecular weight excluding hydrogens is 308 g/mol. The molecule has 0 aromatic carbocycles. The number of furan rings is 1. The van der Waals surface area contributed by atoms with Gasteiger partial charge < -0.3 is 18.6 Å². The van der Waals surface area contributed by atoms with Crippen molar-refractivity contribution in [1.29, 1.82) is 0 Å². The van der Waals surface area contributed by atoms with Crippen molar-refractivity contribution >= 4 is 5.91 Å². The molecule has 1 saturated heterocycles. The van der Waals surface area contributed by atoms with Crippen LogP contribution in [0.1, 0.15) is 34.3 Å². The number of ether oxygens (including phenoxy) is 1. The van der Waals surface area contributed by atoms with E-state index in [4.69, 9.17) is 9.15 Å². The average Bonchev–Trinajstić information content (AvgIpc) is 3.23. The summed E-state index contributed by atoms with van der Waals surface area (Å²) in [6.07, 6.45) is 6.92. The Morgan fingerprint density at radius 1 is 1.42 bits per heavy atom. The first-order valence-electron chi connectivity index (χ1n) is 8.14. The van der Waals surface area contributed by atoms with E-state index >= 15 is 0 Å². The molecule has 1 unspecified atom stereocenters. The Balaban J connectivity index is 1.83. The SMILES string of the molecule is Cc1ccn(CC2CCCO2)c(=O)c1C(=O)N(C)Cc1ccoc1. The zero-order valence-corrected chi connectivity index (χ0v) is 14.0. The molecule has 3 heterocycles.